The van der Waals surface area contributed by atoms with Crippen molar-refractivity contribution in [3.8, 4) is 0 Å². The Morgan fingerprint density at radius 1 is 1.11 bits per heavy atom. The van der Waals surface area contributed by atoms with Crippen LogP contribution in [-0.4, -0.2) is 48.3 Å². The number of likely N-dealkylation sites (N-methyl/N-ethyl adjacent to an activating group) is 1. The SMILES string of the molecule is Cc1ccccc1CN(C)C(=O)CN1CCCC(C(=O)Nc2ccccc2)C1. The number of nitrogens with one attached hydrogen (secondary N) is 1. The molecule has 0 aliphatic carbocycles. The maximum Gasteiger partial charge on any atom is 0.236 e. The number of amides is 2. The number of aryl methyl sites for hydroxylation is 1. The van der Waals surface area contributed by atoms with Gasteiger partial charge in [0.15, 0.2) is 0 Å². The lowest BCUT2D eigenvalue weighted by Crippen LogP contribution is -2.45. The van der Waals surface area contributed by atoms with Crippen molar-refractivity contribution in [1.29, 1.82) is 0 Å². The lowest BCUT2D eigenvalue weighted by atomic mass is 9.97. The molecule has 1 saturated heterocycles. The molecule has 1 aliphatic rings. The van der Waals surface area contributed by atoms with Crippen LogP contribution in [0.3, 0.4) is 0 Å². The molecule has 148 valence electrons. The van der Waals surface area contributed by atoms with Crippen LogP contribution >= 0.6 is 0 Å². The average Bonchev–Trinajstić information content (AvgIpc) is 2.70. The largest absolute Gasteiger partial charge is 0.340 e. The van der Waals surface area contributed by atoms with E-state index in [2.05, 4.69) is 29.3 Å². The van der Waals surface area contributed by atoms with Crippen LogP contribution in [-0.2, 0) is 16.1 Å². The summed E-state index contributed by atoms with van der Waals surface area (Å²) in [6.45, 7) is 4.52. The number of likely N-dealkylation sites (tertiary alicyclic amines) is 1. The lowest BCUT2D eigenvalue weighted by Gasteiger charge is -2.32. The quantitative estimate of drug-likeness (QED) is 0.838. The highest BCUT2D eigenvalue weighted by atomic mass is 16.2. The molecular formula is C23H29N3O2. The van der Waals surface area contributed by atoms with Gasteiger partial charge in [-0.25, -0.2) is 0 Å². The number of anilines is 1. The molecule has 1 fully saturated rings. The number of para-hydroxylation sites is 1. The van der Waals surface area contributed by atoms with E-state index in [0.29, 0.717) is 19.6 Å². The van der Waals surface area contributed by atoms with Gasteiger partial charge in [-0.15, -0.1) is 0 Å². The van der Waals surface area contributed by atoms with Crippen molar-refractivity contribution in [2.45, 2.75) is 26.3 Å². The van der Waals surface area contributed by atoms with Crippen LogP contribution in [0.2, 0.25) is 0 Å². The minimum atomic E-state index is -0.0802. The molecular weight excluding hydrogens is 350 g/mol. The fraction of sp³-hybridized carbons (Fsp3) is 0.391. The summed E-state index contributed by atoms with van der Waals surface area (Å²) in [6.07, 6.45) is 1.80. The molecule has 0 aromatic heterocycles. The molecule has 1 unspecified atom stereocenters. The zero-order valence-corrected chi connectivity index (χ0v) is 16.7. The van der Waals surface area contributed by atoms with Gasteiger partial charge < -0.3 is 10.2 Å². The molecule has 2 aromatic carbocycles. The van der Waals surface area contributed by atoms with Gasteiger partial charge >= 0.3 is 0 Å². The van der Waals surface area contributed by atoms with E-state index in [1.165, 1.54) is 5.56 Å². The summed E-state index contributed by atoms with van der Waals surface area (Å²) >= 11 is 0. The maximum atomic E-state index is 12.7. The van der Waals surface area contributed by atoms with Crippen LogP contribution in [0, 0.1) is 12.8 Å². The normalized spacial score (nSPS) is 17.1. The monoisotopic (exact) mass is 379 g/mol. The second kappa shape index (κ2) is 9.51. The van der Waals surface area contributed by atoms with Crippen LogP contribution in [0.1, 0.15) is 24.0 Å². The third-order valence-corrected chi connectivity index (χ3v) is 5.37. The van der Waals surface area contributed by atoms with Gasteiger partial charge in [-0.3, -0.25) is 14.5 Å². The van der Waals surface area contributed by atoms with Crippen LogP contribution in [0.4, 0.5) is 5.69 Å². The number of hydrogen-bond donors (Lipinski definition) is 1. The maximum absolute atomic E-state index is 12.7. The Labute approximate surface area is 167 Å². The lowest BCUT2D eigenvalue weighted by molar-refractivity contribution is -0.133. The molecule has 28 heavy (non-hydrogen) atoms. The standard InChI is InChI=1S/C23H29N3O2/c1-18-9-6-7-10-19(18)15-25(2)22(27)17-26-14-8-11-20(16-26)23(28)24-21-12-4-3-5-13-21/h3-7,9-10,12-13,20H,8,11,14-17H2,1-2H3,(H,24,28). The van der Waals surface area contributed by atoms with Crippen LogP contribution in [0.25, 0.3) is 0 Å². The number of carbonyl (C=O) groups excluding carboxylic acids is 2. The topological polar surface area (TPSA) is 52.7 Å². The zero-order chi connectivity index (χ0) is 19.9. The molecule has 3 rings (SSSR count). The number of rotatable bonds is 6. The van der Waals surface area contributed by atoms with Crippen molar-refractivity contribution in [1.82, 2.24) is 9.80 Å². The summed E-state index contributed by atoms with van der Waals surface area (Å²) in [5.74, 6) is 0.0485. The Bertz CT molecular complexity index is 807. The van der Waals surface area contributed by atoms with E-state index in [9.17, 15) is 9.59 Å². The second-order valence-corrected chi connectivity index (χ2v) is 7.61. The third kappa shape index (κ3) is 5.42. The summed E-state index contributed by atoms with van der Waals surface area (Å²) < 4.78 is 0. The fourth-order valence-corrected chi connectivity index (χ4v) is 3.62. The number of benzene rings is 2. The molecule has 0 bridgehead atoms. The van der Waals surface area contributed by atoms with Gasteiger partial charge in [0.05, 0.1) is 12.5 Å². The first-order valence-corrected chi connectivity index (χ1v) is 9.89. The van der Waals surface area contributed by atoms with Gasteiger partial charge in [0, 0.05) is 25.8 Å². The smallest absolute Gasteiger partial charge is 0.236 e. The highest BCUT2D eigenvalue weighted by Gasteiger charge is 2.27. The highest BCUT2D eigenvalue weighted by molar-refractivity contribution is 5.92. The molecule has 1 heterocycles. The number of hydrogen-bond acceptors (Lipinski definition) is 3. The molecule has 1 atom stereocenters. The highest BCUT2D eigenvalue weighted by Crippen LogP contribution is 2.19. The van der Waals surface area contributed by atoms with Gasteiger partial charge in [-0.2, -0.15) is 0 Å². The summed E-state index contributed by atoms with van der Waals surface area (Å²) in [5.41, 5.74) is 3.17. The van der Waals surface area contributed by atoms with E-state index in [4.69, 9.17) is 0 Å². The average molecular weight is 380 g/mol. The predicted octanol–water partition coefficient (Wildman–Crippen LogP) is 3.30. The Morgan fingerprint density at radius 2 is 1.82 bits per heavy atom. The van der Waals surface area contributed by atoms with Gasteiger partial charge in [-0.05, 0) is 49.6 Å². The number of nitrogens with zero attached hydrogens (tertiary/aromatic N) is 2. The first-order valence-electron chi connectivity index (χ1n) is 9.89. The van der Waals surface area contributed by atoms with Crippen molar-refractivity contribution < 1.29 is 9.59 Å². The van der Waals surface area contributed by atoms with E-state index in [1.54, 1.807) is 4.90 Å². The number of carbonyl (C=O) groups is 2. The summed E-state index contributed by atoms with van der Waals surface area (Å²) in [4.78, 5) is 29.1. The molecule has 1 aliphatic heterocycles. The molecule has 2 amide bonds. The number of piperidine rings is 1. The van der Waals surface area contributed by atoms with Crippen molar-refractivity contribution in [3.05, 3.63) is 65.7 Å². The Hall–Kier alpha value is -2.66. The molecule has 1 N–H and O–H groups in total. The van der Waals surface area contributed by atoms with Crippen molar-refractivity contribution in [3.63, 3.8) is 0 Å². The third-order valence-electron chi connectivity index (χ3n) is 5.37. The Morgan fingerprint density at radius 3 is 2.57 bits per heavy atom. The zero-order valence-electron chi connectivity index (χ0n) is 16.7. The molecule has 0 saturated carbocycles. The molecule has 2 aromatic rings. The summed E-state index contributed by atoms with van der Waals surface area (Å²) in [6, 6.07) is 17.7. The van der Waals surface area contributed by atoms with Gasteiger partial charge in [-0.1, -0.05) is 42.5 Å². The fourth-order valence-electron chi connectivity index (χ4n) is 3.62. The van der Waals surface area contributed by atoms with Crippen molar-refractivity contribution >= 4 is 17.5 Å². The van der Waals surface area contributed by atoms with E-state index in [1.807, 2.05) is 49.5 Å². The first-order chi connectivity index (χ1) is 13.5. The van der Waals surface area contributed by atoms with Crippen LogP contribution < -0.4 is 5.32 Å². The first kappa shape index (κ1) is 20.1. The molecule has 5 heteroatoms. The van der Waals surface area contributed by atoms with Crippen LogP contribution in [0.15, 0.2) is 54.6 Å². The van der Waals surface area contributed by atoms with Crippen molar-refractivity contribution in [2.24, 2.45) is 5.92 Å². The minimum absolute atomic E-state index is 0.0385. The van der Waals surface area contributed by atoms with E-state index in [-0.39, 0.29) is 17.7 Å². The second-order valence-electron chi connectivity index (χ2n) is 7.61. The van der Waals surface area contributed by atoms with E-state index >= 15 is 0 Å². The van der Waals surface area contributed by atoms with Crippen molar-refractivity contribution in [2.75, 3.05) is 32.0 Å². The van der Waals surface area contributed by atoms with Gasteiger partial charge in [0.25, 0.3) is 0 Å². The predicted molar refractivity (Wildman–Crippen MR) is 112 cm³/mol. The van der Waals surface area contributed by atoms with Gasteiger partial charge in [0.2, 0.25) is 11.8 Å². The van der Waals surface area contributed by atoms with E-state index < -0.39 is 0 Å². The van der Waals surface area contributed by atoms with Crippen LogP contribution in [0.5, 0.6) is 0 Å². The Kier molecular flexibility index (Phi) is 6.82. The summed E-state index contributed by atoms with van der Waals surface area (Å²) in [7, 11) is 1.85. The summed E-state index contributed by atoms with van der Waals surface area (Å²) in [5, 5.41) is 2.99. The molecule has 5 nitrogen and oxygen atoms in total. The van der Waals surface area contributed by atoms with E-state index in [0.717, 1.165) is 30.6 Å². The molecule has 0 radical (unpaired) electrons. The molecule has 0 spiro atoms. The van der Waals surface area contributed by atoms with Gasteiger partial charge in [0.1, 0.15) is 0 Å². The minimum Gasteiger partial charge on any atom is -0.340 e. The Balaban J connectivity index is 1.51.